The number of unbranched alkanes of at least 4 members (excludes halogenated alkanes) is 1. The van der Waals surface area contributed by atoms with Crippen molar-refractivity contribution in [2.75, 3.05) is 6.61 Å². The van der Waals surface area contributed by atoms with Crippen molar-refractivity contribution in [3.63, 3.8) is 0 Å². The number of nitrogens with zero attached hydrogens (tertiary/aromatic N) is 3. The summed E-state index contributed by atoms with van der Waals surface area (Å²) in [6, 6.07) is 17.3. The fraction of sp³-hybridized carbons (Fsp3) is 0.484. The quantitative estimate of drug-likeness (QED) is 0.244. The summed E-state index contributed by atoms with van der Waals surface area (Å²) in [5.41, 5.74) is 0.823. The summed E-state index contributed by atoms with van der Waals surface area (Å²) < 4.78 is 13.9. The summed E-state index contributed by atoms with van der Waals surface area (Å²) in [5.74, 6) is 0.324. The van der Waals surface area contributed by atoms with Crippen molar-refractivity contribution in [3.8, 4) is 5.75 Å². The monoisotopic (exact) mass is 533 g/mol. The lowest BCUT2D eigenvalue weighted by molar-refractivity contribution is -0.158. The number of aryl methyl sites for hydroxylation is 2. The fourth-order valence-electron chi connectivity index (χ4n) is 5.08. The van der Waals surface area contributed by atoms with Gasteiger partial charge in [-0.25, -0.2) is 14.3 Å². The molecule has 1 heterocycles. The van der Waals surface area contributed by atoms with Gasteiger partial charge >= 0.3 is 11.7 Å². The summed E-state index contributed by atoms with van der Waals surface area (Å²) in [6.07, 6.45) is 6.40. The maximum absolute atomic E-state index is 13.3. The van der Waals surface area contributed by atoms with E-state index in [4.69, 9.17) is 9.47 Å². The zero-order chi connectivity index (χ0) is 27.8. The molecule has 0 atom stereocenters. The Kier molecular flexibility index (Phi) is 9.38. The van der Waals surface area contributed by atoms with Crippen molar-refractivity contribution in [1.82, 2.24) is 14.3 Å². The molecule has 0 aliphatic heterocycles. The third kappa shape index (κ3) is 7.25. The Morgan fingerprint density at radius 2 is 1.72 bits per heavy atom. The van der Waals surface area contributed by atoms with Crippen LogP contribution in [0.1, 0.15) is 82.0 Å². The molecule has 0 unspecified atom stereocenters. The van der Waals surface area contributed by atoms with Gasteiger partial charge in [0, 0.05) is 12.5 Å². The van der Waals surface area contributed by atoms with E-state index in [1.165, 1.54) is 9.25 Å². The molecule has 208 valence electrons. The number of hydrogen-bond acceptors (Lipinski definition) is 6. The Bertz CT molecular complexity index is 1370. The molecule has 0 spiro atoms. The zero-order valence-corrected chi connectivity index (χ0v) is 23.2. The molecule has 3 aromatic rings. The second-order valence-electron chi connectivity index (χ2n) is 10.7. The van der Waals surface area contributed by atoms with Gasteiger partial charge in [0.05, 0.1) is 13.2 Å². The van der Waals surface area contributed by atoms with Crippen molar-refractivity contribution in [2.45, 2.75) is 90.3 Å². The Balaban J connectivity index is 1.44. The molecule has 0 bridgehead atoms. The van der Waals surface area contributed by atoms with Crippen molar-refractivity contribution < 1.29 is 14.3 Å². The molecule has 1 saturated carbocycles. The summed E-state index contributed by atoms with van der Waals surface area (Å²) >= 11 is 0. The van der Waals surface area contributed by atoms with Crippen LogP contribution in [0, 0.1) is 0 Å². The Hall–Kier alpha value is -3.68. The first-order valence-corrected chi connectivity index (χ1v) is 14.0. The number of benzene rings is 2. The summed E-state index contributed by atoms with van der Waals surface area (Å²) in [6.45, 7) is 6.15. The van der Waals surface area contributed by atoms with Crippen molar-refractivity contribution in [2.24, 2.45) is 0 Å². The molecule has 1 aliphatic carbocycles. The summed E-state index contributed by atoms with van der Waals surface area (Å²) in [4.78, 5) is 38.8. The minimum atomic E-state index is -1.08. The molecule has 39 heavy (non-hydrogen) atoms. The second-order valence-corrected chi connectivity index (χ2v) is 10.7. The number of aromatic nitrogens is 3. The molecule has 1 fully saturated rings. The fourth-order valence-corrected chi connectivity index (χ4v) is 5.08. The number of carbonyl (C=O) groups excluding carboxylic acids is 1. The zero-order valence-electron chi connectivity index (χ0n) is 23.2. The van der Waals surface area contributed by atoms with Gasteiger partial charge in [0.1, 0.15) is 11.4 Å². The molecule has 0 N–H and O–H groups in total. The average Bonchev–Trinajstić information content (AvgIpc) is 3.46. The van der Waals surface area contributed by atoms with Crippen LogP contribution >= 0.6 is 0 Å². The highest BCUT2D eigenvalue weighted by molar-refractivity contribution is 5.79. The van der Waals surface area contributed by atoms with E-state index in [1.54, 1.807) is 20.8 Å². The average molecular weight is 534 g/mol. The first kappa shape index (κ1) is 28.3. The van der Waals surface area contributed by atoms with E-state index in [-0.39, 0.29) is 23.7 Å². The van der Waals surface area contributed by atoms with Gasteiger partial charge < -0.3 is 9.47 Å². The molecule has 1 aromatic heterocycles. The lowest BCUT2D eigenvalue weighted by Crippen LogP contribution is -2.44. The van der Waals surface area contributed by atoms with Crippen molar-refractivity contribution in [3.05, 3.63) is 92.3 Å². The van der Waals surface area contributed by atoms with Gasteiger partial charge in [0.2, 0.25) is 0 Å². The highest BCUT2D eigenvalue weighted by atomic mass is 16.6. The van der Waals surface area contributed by atoms with Gasteiger partial charge in [-0.15, -0.1) is 0 Å². The lowest BCUT2D eigenvalue weighted by Gasteiger charge is -2.24. The van der Waals surface area contributed by atoms with Gasteiger partial charge in [0.25, 0.3) is 5.56 Å². The third-order valence-corrected chi connectivity index (χ3v) is 7.19. The second kappa shape index (κ2) is 12.9. The number of hydrogen-bond donors (Lipinski definition) is 0. The molecule has 8 heteroatoms. The van der Waals surface area contributed by atoms with Crippen molar-refractivity contribution >= 4 is 5.97 Å². The predicted molar refractivity (Wildman–Crippen MR) is 150 cm³/mol. The Morgan fingerprint density at radius 3 is 2.44 bits per heavy atom. The van der Waals surface area contributed by atoms with Crippen LogP contribution in [0.4, 0.5) is 0 Å². The van der Waals surface area contributed by atoms with Crippen LogP contribution in [0.15, 0.2) is 64.2 Å². The maximum atomic E-state index is 13.3. The van der Waals surface area contributed by atoms with Gasteiger partial charge in [-0.3, -0.25) is 9.36 Å². The maximum Gasteiger partial charge on any atom is 0.349 e. The van der Waals surface area contributed by atoms with Gasteiger partial charge in [-0.1, -0.05) is 55.3 Å². The van der Waals surface area contributed by atoms with Crippen LogP contribution in [-0.4, -0.2) is 32.5 Å². The lowest BCUT2D eigenvalue weighted by atomic mass is 10.0. The third-order valence-electron chi connectivity index (χ3n) is 7.19. The first-order chi connectivity index (χ1) is 18.8. The van der Waals surface area contributed by atoms with E-state index >= 15 is 0 Å². The van der Waals surface area contributed by atoms with E-state index in [9.17, 15) is 14.4 Å². The Morgan fingerprint density at radius 1 is 1.00 bits per heavy atom. The Labute approximate surface area is 229 Å². The van der Waals surface area contributed by atoms with Crippen molar-refractivity contribution in [1.29, 1.82) is 0 Å². The number of esters is 1. The first-order valence-electron chi connectivity index (χ1n) is 14.0. The van der Waals surface area contributed by atoms with Crippen LogP contribution in [0.25, 0.3) is 0 Å². The highest BCUT2D eigenvalue weighted by Gasteiger charge is 2.31. The summed E-state index contributed by atoms with van der Waals surface area (Å²) in [5, 5.41) is 4.59. The van der Waals surface area contributed by atoms with E-state index in [0.29, 0.717) is 24.6 Å². The van der Waals surface area contributed by atoms with Crippen LogP contribution < -0.4 is 16.0 Å². The molecular weight excluding hydrogens is 494 g/mol. The smallest absolute Gasteiger partial charge is 0.349 e. The molecule has 0 radical (unpaired) electrons. The molecule has 8 nitrogen and oxygen atoms in total. The van der Waals surface area contributed by atoms with Gasteiger partial charge in [-0.2, -0.15) is 5.10 Å². The highest BCUT2D eigenvalue weighted by Crippen LogP contribution is 2.31. The van der Waals surface area contributed by atoms with E-state index in [2.05, 4.69) is 5.10 Å². The minimum absolute atomic E-state index is 0.118. The molecule has 0 saturated heterocycles. The van der Waals surface area contributed by atoms with Gasteiger partial charge in [-0.05, 0) is 76.1 Å². The molecule has 2 aromatic carbocycles. The number of rotatable bonds is 12. The summed E-state index contributed by atoms with van der Waals surface area (Å²) in [7, 11) is 0. The standard InChI is InChI=1S/C31H39N3O5/c1-4-38-29(36)31(2,3)39-26-19-12-16-23(21-26)13-10-11-20-34-30(37)33(22-24-14-6-5-7-15-24)28(35)27(32-34)25-17-8-9-18-25/h5-7,12,14-16,19,21,25H,4,8-11,13,17-18,20,22H2,1-3H3. The SMILES string of the molecule is CCOC(=O)C(C)(C)Oc1cccc(CCCCn2nc(C3CCCC3)c(=O)n(Cc3ccccc3)c2=O)c1. The van der Waals surface area contributed by atoms with Gasteiger partial charge in [0.15, 0.2) is 5.60 Å². The molecule has 1 aliphatic rings. The molecular formula is C31H39N3O5. The minimum Gasteiger partial charge on any atom is -0.476 e. The molecule has 4 rings (SSSR count). The topological polar surface area (TPSA) is 92.4 Å². The van der Waals surface area contributed by atoms with E-state index < -0.39 is 11.6 Å². The largest absolute Gasteiger partial charge is 0.476 e. The van der Waals surface area contributed by atoms with E-state index in [1.807, 2.05) is 54.6 Å². The van der Waals surface area contributed by atoms with Crippen LogP contribution in [0.5, 0.6) is 5.75 Å². The van der Waals surface area contributed by atoms with Crippen LogP contribution in [0.2, 0.25) is 0 Å². The number of ether oxygens (including phenoxy) is 2. The predicted octanol–water partition coefficient (Wildman–Crippen LogP) is 4.85. The van der Waals surface area contributed by atoms with Crippen LogP contribution in [-0.2, 0) is 29.0 Å². The van der Waals surface area contributed by atoms with E-state index in [0.717, 1.165) is 56.1 Å². The number of carbonyl (C=O) groups is 1. The van der Waals surface area contributed by atoms with Crippen LogP contribution in [0.3, 0.4) is 0 Å². The normalized spacial score (nSPS) is 13.9. The molecule has 0 amide bonds.